The lowest BCUT2D eigenvalue weighted by atomic mass is 10.7. The van der Waals surface area contributed by atoms with Crippen molar-refractivity contribution in [1.29, 1.82) is 0 Å². The maximum Gasteiger partial charge on any atom is 0.111 e. The minimum atomic E-state index is 0.0636. The fraction of sp³-hybridized carbons (Fsp3) is 0.400. The third-order valence-corrected chi connectivity index (χ3v) is 0.891. The Hall–Kier alpha value is -1.26. The third kappa shape index (κ3) is 22.4. The topological polar surface area (TPSA) is 47.9 Å². The van der Waals surface area contributed by atoms with Gasteiger partial charge in [0.1, 0.15) is 6.61 Å². The molecule has 82 valence electrons. The van der Waals surface area contributed by atoms with Crippen LogP contribution in [0.25, 0.3) is 0 Å². The van der Waals surface area contributed by atoms with Crippen LogP contribution in [-0.2, 0) is 14.2 Å². The van der Waals surface area contributed by atoms with Gasteiger partial charge in [-0.15, -0.1) is 0 Å². The first-order valence-electron chi connectivity index (χ1n) is 4.11. The van der Waals surface area contributed by atoms with Crippen LogP contribution in [0.4, 0.5) is 0 Å². The zero-order chi connectivity index (χ0) is 11.1. The Balaban J connectivity index is 0. The molecule has 0 unspecified atom stereocenters. The van der Waals surface area contributed by atoms with Crippen LogP contribution in [0.3, 0.4) is 0 Å². The molecule has 0 fully saturated rings. The molecule has 1 N–H and O–H groups in total. The molecule has 0 saturated heterocycles. The molecule has 0 saturated carbocycles. The number of hydrogen-bond acceptors (Lipinski definition) is 4. The second-order valence-corrected chi connectivity index (χ2v) is 1.84. The van der Waals surface area contributed by atoms with Gasteiger partial charge in [-0.3, -0.25) is 0 Å². The van der Waals surface area contributed by atoms with Crippen molar-refractivity contribution in [2.45, 2.75) is 0 Å². The van der Waals surface area contributed by atoms with Crippen molar-refractivity contribution in [2.24, 2.45) is 0 Å². The van der Waals surface area contributed by atoms with Gasteiger partial charge in [0.15, 0.2) is 0 Å². The van der Waals surface area contributed by atoms with Crippen LogP contribution < -0.4 is 0 Å². The quantitative estimate of drug-likeness (QED) is 0.478. The van der Waals surface area contributed by atoms with E-state index in [1.54, 1.807) is 0 Å². The zero-order valence-electron chi connectivity index (χ0n) is 8.35. The summed E-state index contributed by atoms with van der Waals surface area (Å²) in [5.41, 5.74) is 0. The Morgan fingerprint density at radius 2 is 1.57 bits per heavy atom. The summed E-state index contributed by atoms with van der Waals surface area (Å²) >= 11 is 0. The van der Waals surface area contributed by atoms with Gasteiger partial charge in [0.2, 0.25) is 0 Å². The van der Waals surface area contributed by atoms with Gasteiger partial charge >= 0.3 is 0 Å². The zero-order valence-corrected chi connectivity index (χ0v) is 8.35. The van der Waals surface area contributed by atoms with Gasteiger partial charge in [0, 0.05) is 0 Å². The summed E-state index contributed by atoms with van der Waals surface area (Å²) in [5, 5.41) is 8.24. The number of aliphatic hydroxyl groups is 1. The molecule has 14 heavy (non-hydrogen) atoms. The first kappa shape index (κ1) is 15.2. The van der Waals surface area contributed by atoms with Gasteiger partial charge in [0.05, 0.1) is 38.6 Å². The molecule has 0 aliphatic heterocycles. The van der Waals surface area contributed by atoms with E-state index in [1.807, 2.05) is 0 Å². The number of aliphatic hydroxyl groups excluding tert-OH is 1. The van der Waals surface area contributed by atoms with Crippen LogP contribution in [0.5, 0.6) is 0 Å². The minimum absolute atomic E-state index is 0.0636. The molecule has 0 atom stereocenters. The lowest BCUT2D eigenvalue weighted by Crippen LogP contribution is -2.04. The standard InChI is InChI=1S/C6H12O3.C4H6O/c1-2-8-5-6-9-4-3-7;1-3-5-4-2/h2,7H,1,3-6H2;3-4H,1-2H2. The lowest BCUT2D eigenvalue weighted by molar-refractivity contribution is 0.0603. The first-order chi connectivity index (χ1) is 6.83. The van der Waals surface area contributed by atoms with Crippen molar-refractivity contribution in [3.05, 3.63) is 38.5 Å². The fourth-order valence-corrected chi connectivity index (χ4v) is 0.425. The molecule has 0 radical (unpaired) electrons. The lowest BCUT2D eigenvalue weighted by Gasteiger charge is -2.00. The van der Waals surface area contributed by atoms with Gasteiger partial charge < -0.3 is 19.3 Å². The summed E-state index contributed by atoms with van der Waals surface area (Å²) in [6.45, 7) is 11.3. The molecule has 0 spiro atoms. The van der Waals surface area contributed by atoms with E-state index in [4.69, 9.17) is 14.6 Å². The molecule has 0 aromatic heterocycles. The summed E-state index contributed by atoms with van der Waals surface area (Å²) in [7, 11) is 0. The van der Waals surface area contributed by atoms with Crippen molar-refractivity contribution in [1.82, 2.24) is 0 Å². The molecule has 0 aliphatic carbocycles. The summed E-state index contributed by atoms with van der Waals surface area (Å²) in [4.78, 5) is 0. The third-order valence-electron chi connectivity index (χ3n) is 0.891. The Labute approximate surface area is 85.1 Å². The van der Waals surface area contributed by atoms with Crippen molar-refractivity contribution in [3.8, 4) is 0 Å². The van der Waals surface area contributed by atoms with E-state index in [9.17, 15) is 0 Å². The average Bonchev–Trinajstić information content (AvgIpc) is 2.20. The van der Waals surface area contributed by atoms with E-state index in [2.05, 4.69) is 24.5 Å². The van der Waals surface area contributed by atoms with Crippen LogP contribution >= 0.6 is 0 Å². The van der Waals surface area contributed by atoms with Crippen LogP contribution in [0.1, 0.15) is 0 Å². The largest absolute Gasteiger partial charge is 0.499 e. The monoisotopic (exact) mass is 202 g/mol. The van der Waals surface area contributed by atoms with E-state index in [0.29, 0.717) is 19.8 Å². The molecule has 0 heterocycles. The second kappa shape index (κ2) is 17.7. The molecule has 0 aliphatic rings. The number of hydrogen-bond donors (Lipinski definition) is 1. The van der Waals surface area contributed by atoms with Crippen LogP contribution in [0, 0.1) is 0 Å². The number of ether oxygens (including phenoxy) is 3. The molecular weight excluding hydrogens is 184 g/mol. The Bertz CT molecular complexity index is 128. The van der Waals surface area contributed by atoms with E-state index in [-0.39, 0.29) is 6.61 Å². The van der Waals surface area contributed by atoms with E-state index >= 15 is 0 Å². The molecule has 4 heteroatoms. The summed E-state index contributed by atoms with van der Waals surface area (Å²) < 4.78 is 14.0. The van der Waals surface area contributed by atoms with Crippen LogP contribution in [-0.4, -0.2) is 31.5 Å². The van der Waals surface area contributed by atoms with E-state index < -0.39 is 0 Å². The SMILES string of the molecule is C=COC=C.C=COCCOCCO. The number of rotatable bonds is 8. The Morgan fingerprint density at radius 1 is 0.929 bits per heavy atom. The maximum absolute atomic E-state index is 8.24. The Morgan fingerprint density at radius 3 is 1.93 bits per heavy atom. The highest BCUT2D eigenvalue weighted by Gasteiger charge is 1.83. The highest BCUT2D eigenvalue weighted by molar-refractivity contribution is 4.57. The minimum Gasteiger partial charge on any atom is -0.499 e. The van der Waals surface area contributed by atoms with Crippen molar-refractivity contribution in [3.63, 3.8) is 0 Å². The van der Waals surface area contributed by atoms with Gasteiger partial charge in [-0.25, -0.2) is 0 Å². The molecule has 0 aromatic rings. The smallest absolute Gasteiger partial charge is 0.111 e. The summed E-state index contributed by atoms with van der Waals surface area (Å²) in [5.74, 6) is 0. The average molecular weight is 202 g/mol. The van der Waals surface area contributed by atoms with E-state index in [0.717, 1.165) is 0 Å². The van der Waals surface area contributed by atoms with Gasteiger partial charge in [-0.05, 0) is 0 Å². The maximum atomic E-state index is 8.24. The van der Waals surface area contributed by atoms with Crippen LogP contribution in [0.15, 0.2) is 38.5 Å². The fourth-order valence-electron chi connectivity index (χ4n) is 0.425. The highest BCUT2D eigenvalue weighted by atomic mass is 16.5. The Kier molecular flexibility index (Phi) is 19.3. The molecule has 0 amide bonds. The van der Waals surface area contributed by atoms with Gasteiger partial charge in [-0.1, -0.05) is 19.7 Å². The van der Waals surface area contributed by atoms with Crippen molar-refractivity contribution in [2.75, 3.05) is 26.4 Å². The highest BCUT2D eigenvalue weighted by Crippen LogP contribution is 1.76. The molecular formula is C10H18O4. The van der Waals surface area contributed by atoms with Crippen molar-refractivity contribution >= 4 is 0 Å². The van der Waals surface area contributed by atoms with E-state index in [1.165, 1.54) is 18.8 Å². The molecule has 0 bridgehead atoms. The first-order valence-corrected chi connectivity index (χ1v) is 4.11. The predicted molar refractivity (Wildman–Crippen MR) is 55.5 cm³/mol. The van der Waals surface area contributed by atoms with Crippen molar-refractivity contribution < 1.29 is 19.3 Å². The van der Waals surface area contributed by atoms with Gasteiger partial charge in [0.25, 0.3) is 0 Å². The van der Waals surface area contributed by atoms with Gasteiger partial charge in [-0.2, -0.15) is 0 Å². The normalized spacial score (nSPS) is 7.79. The molecule has 4 nitrogen and oxygen atoms in total. The second-order valence-electron chi connectivity index (χ2n) is 1.84. The summed E-state index contributed by atoms with van der Waals surface area (Å²) in [6.07, 6.45) is 3.99. The van der Waals surface area contributed by atoms with Crippen LogP contribution in [0.2, 0.25) is 0 Å². The summed E-state index contributed by atoms with van der Waals surface area (Å²) in [6, 6.07) is 0. The molecule has 0 rings (SSSR count). The predicted octanol–water partition coefficient (Wildman–Crippen LogP) is 1.45. The molecule has 0 aromatic carbocycles.